The first kappa shape index (κ1) is 24.1. The molecule has 0 radical (unpaired) electrons. The number of hydrogen-bond donors (Lipinski definition) is 1. The molecule has 1 N–H and O–H groups in total. The van der Waals surface area contributed by atoms with Crippen molar-refractivity contribution in [1.82, 2.24) is 10.4 Å². The number of amides is 2. The summed E-state index contributed by atoms with van der Waals surface area (Å²) in [7, 11) is 0. The maximum absolute atomic E-state index is 13.2. The van der Waals surface area contributed by atoms with Gasteiger partial charge in [-0.05, 0) is 48.4 Å². The van der Waals surface area contributed by atoms with Crippen LogP contribution in [0.25, 0.3) is 6.08 Å². The molecule has 3 aromatic carbocycles. The minimum atomic E-state index is -0.406. The number of aliphatic imine (C=N–C) groups is 1. The summed E-state index contributed by atoms with van der Waals surface area (Å²) in [5, 5.41) is 1.29. The highest BCUT2D eigenvalue weighted by atomic mass is 16.2. The van der Waals surface area contributed by atoms with Gasteiger partial charge < -0.3 is 0 Å². The van der Waals surface area contributed by atoms with Crippen LogP contribution in [0.4, 0.5) is 0 Å². The zero-order valence-corrected chi connectivity index (χ0v) is 20.5. The van der Waals surface area contributed by atoms with E-state index < -0.39 is 5.91 Å². The maximum Gasteiger partial charge on any atom is 0.288 e. The van der Waals surface area contributed by atoms with E-state index in [0.717, 1.165) is 28.7 Å². The molecule has 0 atom stereocenters. The van der Waals surface area contributed by atoms with Gasteiger partial charge in [-0.3, -0.25) is 15.0 Å². The number of aryl methyl sites for hydroxylation is 2. The lowest BCUT2D eigenvalue weighted by atomic mass is 10.0. The Morgan fingerprint density at radius 2 is 1.60 bits per heavy atom. The standard InChI is InChI=1S/C30H31N3O2/c1-21(2)19-24-15-13-23(14-16-24)17-18-28(34)33-29(26-7-5-4-6-8-26)31-27(30(35)32-33)20-25-11-9-22(3)10-12-25/h4-16,20-21H,17-19H2,1-3H3,(H,32,35)/b27-20+. The summed E-state index contributed by atoms with van der Waals surface area (Å²) in [5.74, 6) is 0.407. The number of hydrazine groups is 1. The topological polar surface area (TPSA) is 61.8 Å². The zero-order chi connectivity index (χ0) is 24.8. The van der Waals surface area contributed by atoms with Crippen LogP contribution >= 0.6 is 0 Å². The van der Waals surface area contributed by atoms with Crippen LogP contribution in [0.1, 0.15) is 48.1 Å². The molecule has 0 saturated heterocycles. The highest BCUT2D eigenvalue weighted by Gasteiger charge is 2.29. The van der Waals surface area contributed by atoms with Gasteiger partial charge in [0.25, 0.3) is 5.91 Å². The fourth-order valence-electron chi connectivity index (χ4n) is 3.98. The van der Waals surface area contributed by atoms with Crippen LogP contribution in [0.3, 0.4) is 0 Å². The molecule has 5 heteroatoms. The SMILES string of the molecule is Cc1ccc(/C=C2/N=C(c3ccccc3)N(C(=O)CCc3ccc(CC(C)C)cc3)NC2=O)cc1. The number of rotatable bonds is 7. The molecule has 0 aromatic heterocycles. The lowest BCUT2D eigenvalue weighted by Gasteiger charge is -2.29. The Morgan fingerprint density at radius 3 is 2.26 bits per heavy atom. The summed E-state index contributed by atoms with van der Waals surface area (Å²) in [6.45, 7) is 6.42. The molecule has 0 spiro atoms. The van der Waals surface area contributed by atoms with Crippen LogP contribution in [0.2, 0.25) is 0 Å². The highest BCUT2D eigenvalue weighted by Crippen LogP contribution is 2.19. The number of nitrogens with one attached hydrogen (secondary N) is 1. The molecule has 4 rings (SSSR count). The molecule has 178 valence electrons. The van der Waals surface area contributed by atoms with Gasteiger partial charge in [0.2, 0.25) is 5.91 Å². The molecule has 0 aliphatic carbocycles. The fourth-order valence-corrected chi connectivity index (χ4v) is 3.98. The van der Waals surface area contributed by atoms with Gasteiger partial charge in [-0.25, -0.2) is 10.0 Å². The van der Waals surface area contributed by atoms with Crippen molar-refractivity contribution in [3.8, 4) is 0 Å². The second-order valence-electron chi connectivity index (χ2n) is 9.33. The van der Waals surface area contributed by atoms with Crippen LogP contribution in [-0.4, -0.2) is 22.7 Å². The van der Waals surface area contributed by atoms with Gasteiger partial charge in [0, 0.05) is 12.0 Å². The second kappa shape index (κ2) is 11.0. The largest absolute Gasteiger partial charge is 0.288 e. The Labute approximate surface area is 207 Å². The van der Waals surface area contributed by atoms with Crippen LogP contribution in [0.5, 0.6) is 0 Å². The van der Waals surface area contributed by atoms with E-state index in [2.05, 4.69) is 48.5 Å². The van der Waals surface area contributed by atoms with Crippen LogP contribution in [0.15, 0.2) is 89.6 Å². The number of amidine groups is 1. The lowest BCUT2D eigenvalue weighted by Crippen LogP contribution is -2.53. The van der Waals surface area contributed by atoms with Crippen LogP contribution in [-0.2, 0) is 22.4 Å². The van der Waals surface area contributed by atoms with Crippen molar-refractivity contribution in [2.24, 2.45) is 10.9 Å². The Kier molecular flexibility index (Phi) is 7.56. The van der Waals surface area contributed by atoms with Crippen LogP contribution in [0, 0.1) is 12.8 Å². The van der Waals surface area contributed by atoms with E-state index in [9.17, 15) is 9.59 Å². The molecule has 2 amide bonds. The molecular weight excluding hydrogens is 434 g/mol. The Bertz CT molecular complexity index is 1240. The van der Waals surface area contributed by atoms with Crippen molar-refractivity contribution < 1.29 is 9.59 Å². The number of benzene rings is 3. The predicted molar refractivity (Wildman–Crippen MR) is 140 cm³/mol. The molecule has 35 heavy (non-hydrogen) atoms. The van der Waals surface area contributed by atoms with Crippen molar-refractivity contribution in [1.29, 1.82) is 0 Å². The number of nitrogens with zero attached hydrogens (tertiary/aromatic N) is 2. The van der Waals surface area contributed by atoms with Crippen molar-refractivity contribution >= 4 is 23.7 Å². The monoisotopic (exact) mass is 465 g/mol. The maximum atomic E-state index is 13.2. The Hall–Kier alpha value is -3.99. The van der Waals surface area contributed by atoms with Gasteiger partial charge in [0.1, 0.15) is 5.70 Å². The van der Waals surface area contributed by atoms with Gasteiger partial charge in [-0.2, -0.15) is 0 Å². The molecule has 5 nitrogen and oxygen atoms in total. The van der Waals surface area contributed by atoms with Gasteiger partial charge >= 0.3 is 0 Å². The number of hydrogen-bond acceptors (Lipinski definition) is 3. The van der Waals surface area contributed by atoms with Gasteiger partial charge in [-0.15, -0.1) is 0 Å². The molecule has 3 aromatic rings. The second-order valence-corrected chi connectivity index (χ2v) is 9.33. The summed E-state index contributed by atoms with van der Waals surface area (Å²) in [4.78, 5) is 30.7. The summed E-state index contributed by atoms with van der Waals surface area (Å²) in [6, 6.07) is 25.7. The van der Waals surface area contributed by atoms with Crippen molar-refractivity contribution in [3.05, 3.63) is 112 Å². The van der Waals surface area contributed by atoms with Crippen molar-refractivity contribution in [2.45, 2.75) is 40.0 Å². The molecule has 0 fully saturated rings. The third-order valence-corrected chi connectivity index (χ3v) is 5.84. The average Bonchev–Trinajstić information content (AvgIpc) is 2.86. The first-order valence-corrected chi connectivity index (χ1v) is 12.0. The summed E-state index contributed by atoms with van der Waals surface area (Å²) >= 11 is 0. The van der Waals surface area contributed by atoms with Crippen LogP contribution < -0.4 is 5.43 Å². The highest BCUT2D eigenvalue weighted by molar-refractivity contribution is 6.15. The van der Waals surface area contributed by atoms with E-state index in [1.165, 1.54) is 10.6 Å². The normalized spacial score (nSPS) is 14.7. The molecule has 1 heterocycles. The molecule has 0 unspecified atom stereocenters. The molecule has 1 aliphatic rings. The molecular formula is C30H31N3O2. The number of carbonyl (C=O) groups is 2. The number of carbonyl (C=O) groups excluding carboxylic acids is 2. The summed E-state index contributed by atoms with van der Waals surface area (Å²) < 4.78 is 0. The first-order valence-electron chi connectivity index (χ1n) is 12.0. The predicted octanol–water partition coefficient (Wildman–Crippen LogP) is 5.49. The van der Waals surface area contributed by atoms with E-state index in [1.807, 2.05) is 61.5 Å². The van der Waals surface area contributed by atoms with E-state index in [4.69, 9.17) is 0 Å². The Balaban J connectivity index is 1.55. The summed E-state index contributed by atoms with van der Waals surface area (Å²) in [5.41, 5.74) is 8.18. The van der Waals surface area contributed by atoms with E-state index in [1.54, 1.807) is 6.08 Å². The third-order valence-electron chi connectivity index (χ3n) is 5.84. The van der Waals surface area contributed by atoms with E-state index in [0.29, 0.717) is 18.2 Å². The molecule has 0 saturated carbocycles. The van der Waals surface area contributed by atoms with Gasteiger partial charge in [0.05, 0.1) is 0 Å². The first-order chi connectivity index (χ1) is 16.9. The molecule has 0 bridgehead atoms. The fraction of sp³-hybridized carbons (Fsp3) is 0.233. The third kappa shape index (κ3) is 6.33. The minimum absolute atomic E-state index is 0.207. The van der Waals surface area contributed by atoms with E-state index >= 15 is 0 Å². The zero-order valence-electron chi connectivity index (χ0n) is 20.5. The summed E-state index contributed by atoms with van der Waals surface area (Å²) in [6.07, 6.45) is 3.61. The van der Waals surface area contributed by atoms with Gasteiger partial charge in [-0.1, -0.05) is 98.3 Å². The smallest absolute Gasteiger partial charge is 0.273 e. The minimum Gasteiger partial charge on any atom is -0.273 e. The Morgan fingerprint density at radius 1 is 0.943 bits per heavy atom. The van der Waals surface area contributed by atoms with Gasteiger partial charge in [0.15, 0.2) is 5.84 Å². The quantitative estimate of drug-likeness (QED) is 0.469. The average molecular weight is 466 g/mol. The lowest BCUT2D eigenvalue weighted by molar-refractivity contribution is -0.135. The van der Waals surface area contributed by atoms with Crippen molar-refractivity contribution in [2.75, 3.05) is 0 Å². The molecule has 1 aliphatic heterocycles. The van der Waals surface area contributed by atoms with Crippen molar-refractivity contribution in [3.63, 3.8) is 0 Å². The van der Waals surface area contributed by atoms with E-state index in [-0.39, 0.29) is 18.0 Å².